The third kappa shape index (κ3) is 3.40. The zero-order valence-electron chi connectivity index (χ0n) is 22.5. The lowest BCUT2D eigenvalue weighted by Crippen LogP contribution is -2.49. The summed E-state index contributed by atoms with van der Waals surface area (Å²) in [5, 5.41) is 0. The van der Waals surface area contributed by atoms with E-state index < -0.39 is 28.5 Å². The molecule has 0 spiro atoms. The van der Waals surface area contributed by atoms with Crippen molar-refractivity contribution in [1.29, 1.82) is 0 Å². The maximum atomic E-state index is 13.9. The van der Waals surface area contributed by atoms with Crippen LogP contribution in [0.15, 0.2) is 29.2 Å². The molecule has 2 bridgehead atoms. The van der Waals surface area contributed by atoms with Crippen LogP contribution in [0.3, 0.4) is 0 Å². The first-order valence-electron chi connectivity index (χ1n) is 12.5. The number of methoxy groups -OCH3 is 3. The van der Waals surface area contributed by atoms with Crippen LogP contribution >= 0.6 is 11.8 Å². The number of hydrogen-bond donors (Lipinski definition) is 0. The lowest BCUT2D eigenvalue weighted by atomic mass is 9.66. The largest absolute Gasteiger partial charge is 0.493 e. The van der Waals surface area contributed by atoms with Gasteiger partial charge in [0.1, 0.15) is 6.10 Å². The van der Waals surface area contributed by atoms with Gasteiger partial charge >= 0.3 is 11.9 Å². The van der Waals surface area contributed by atoms with E-state index in [1.165, 1.54) is 0 Å². The van der Waals surface area contributed by atoms with Gasteiger partial charge in [-0.3, -0.25) is 4.79 Å². The van der Waals surface area contributed by atoms with Crippen molar-refractivity contribution in [3.05, 3.63) is 35.4 Å². The number of carbonyl (C=O) groups excluding carboxylic acids is 2. The zero-order chi connectivity index (χ0) is 26.8. The summed E-state index contributed by atoms with van der Waals surface area (Å²) >= 11 is 1.62. The van der Waals surface area contributed by atoms with E-state index in [0.29, 0.717) is 42.9 Å². The summed E-state index contributed by atoms with van der Waals surface area (Å²) in [5.74, 6) is 0.897. The lowest BCUT2D eigenvalue weighted by molar-refractivity contribution is -0.187. The molecule has 0 N–H and O–H groups in total. The highest BCUT2D eigenvalue weighted by atomic mass is 32.2. The van der Waals surface area contributed by atoms with Gasteiger partial charge in [-0.15, -0.1) is 11.8 Å². The van der Waals surface area contributed by atoms with Crippen LogP contribution in [0.5, 0.6) is 17.2 Å². The molecule has 1 aliphatic heterocycles. The number of hydrogen-bond acceptors (Lipinski definition) is 8. The van der Waals surface area contributed by atoms with Crippen molar-refractivity contribution in [1.82, 2.24) is 0 Å². The number of aryl methyl sites for hydroxylation is 1. The van der Waals surface area contributed by atoms with Gasteiger partial charge in [-0.1, -0.05) is 19.9 Å². The van der Waals surface area contributed by atoms with E-state index >= 15 is 0 Å². The van der Waals surface area contributed by atoms with E-state index in [4.69, 9.17) is 23.7 Å². The molecular formula is C29H34O7S. The molecule has 0 unspecified atom stereocenters. The number of fused-ring (bicyclic) bond motifs is 5. The molecule has 8 heteroatoms. The molecular weight excluding hydrogens is 492 g/mol. The van der Waals surface area contributed by atoms with E-state index in [0.717, 1.165) is 27.1 Å². The maximum Gasteiger partial charge on any atom is 0.351 e. The van der Waals surface area contributed by atoms with Crippen LogP contribution in [-0.2, 0) is 25.5 Å². The Morgan fingerprint density at radius 1 is 1.03 bits per heavy atom. The van der Waals surface area contributed by atoms with Gasteiger partial charge in [-0.2, -0.15) is 0 Å². The second-order valence-corrected chi connectivity index (χ2v) is 11.6. The highest BCUT2D eigenvalue weighted by Crippen LogP contribution is 2.66. The second kappa shape index (κ2) is 8.86. The topological polar surface area (TPSA) is 80.3 Å². The number of rotatable bonds is 6. The third-order valence-electron chi connectivity index (χ3n) is 9.13. The van der Waals surface area contributed by atoms with Gasteiger partial charge in [0, 0.05) is 21.4 Å². The predicted octanol–water partition coefficient (Wildman–Crippen LogP) is 5.75. The highest BCUT2D eigenvalue weighted by Gasteiger charge is 2.76. The first-order valence-corrected chi connectivity index (χ1v) is 13.8. The molecule has 37 heavy (non-hydrogen) atoms. The van der Waals surface area contributed by atoms with Crippen molar-refractivity contribution in [2.45, 2.75) is 63.1 Å². The van der Waals surface area contributed by atoms with E-state index in [1.54, 1.807) is 33.1 Å². The van der Waals surface area contributed by atoms with Crippen molar-refractivity contribution < 1.29 is 33.3 Å². The van der Waals surface area contributed by atoms with Gasteiger partial charge in [-0.05, 0) is 68.2 Å². The summed E-state index contributed by atoms with van der Waals surface area (Å²) in [7, 11) is 4.80. The summed E-state index contributed by atoms with van der Waals surface area (Å²) in [4.78, 5) is 27.7. The standard InChI is InChI=1S/C29H34O7S/c1-27(2)28(3)12-13-29(27,36-25(28)30)26(31)35-20-11-8-16-14-21(32-4)23(33-5)24(34-6)22(16)18-10-9-17(37-7)15-19(18)20/h9-10,14-15,20H,8,11-13H2,1-7H3/t20-,28-,29+/m0/s1. The van der Waals surface area contributed by atoms with Gasteiger partial charge in [0.05, 0.1) is 26.7 Å². The average Bonchev–Trinajstić information content (AvgIpc) is 3.10. The molecule has 0 radical (unpaired) electrons. The SMILES string of the molecule is COc1cc2c(c(OC)c1OC)-c1ccc(SC)cc1[C@@H](OC(=O)[C@@]13CC[C@@](C)(C(=O)O1)C3(C)C)CC2. The average molecular weight is 527 g/mol. The molecule has 5 rings (SSSR count). The van der Waals surface area contributed by atoms with E-state index in [2.05, 4.69) is 12.1 Å². The van der Waals surface area contributed by atoms with Gasteiger partial charge < -0.3 is 23.7 Å². The zero-order valence-corrected chi connectivity index (χ0v) is 23.3. The van der Waals surface area contributed by atoms with Crippen molar-refractivity contribution >= 4 is 23.7 Å². The predicted molar refractivity (Wildman–Crippen MR) is 140 cm³/mol. The van der Waals surface area contributed by atoms with Gasteiger partial charge in [0.2, 0.25) is 11.4 Å². The number of carbonyl (C=O) groups is 2. The lowest BCUT2D eigenvalue weighted by Gasteiger charge is -2.35. The fraction of sp³-hybridized carbons (Fsp3) is 0.517. The van der Waals surface area contributed by atoms with Gasteiger partial charge in [-0.25, -0.2) is 4.79 Å². The first-order chi connectivity index (χ1) is 17.6. The Morgan fingerprint density at radius 3 is 2.32 bits per heavy atom. The van der Waals surface area contributed by atoms with E-state index in [1.807, 2.05) is 39.2 Å². The molecule has 2 aromatic carbocycles. The fourth-order valence-electron chi connectivity index (χ4n) is 6.35. The molecule has 2 aliphatic carbocycles. The van der Waals surface area contributed by atoms with Crippen molar-refractivity contribution in [3.8, 4) is 28.4 Å². The van der Waals surface area contributed by atoms with Crippen molar-refractivity contribution in [2.75, 3.05) is 27.6 Å². The Morgan fingerprint density at radius 2 is 1.76 bits per heavy atom. The monoisotopic (exact) mass is 526 g/mol. The summed E-state index contributed by atoms with van der Waals surface area (Å²) in [6.45, 7) is 5.78. The van der Waals surface area contributed by atoms with Crippen LogP contribution in [0.1, 0.15) is 57.3 Å². The van der Waals surface area contributed by atoms with Gasteiger partial charge in [0.25, 0.3) is 0 Å². The molecule has 2 fully saturated rings. The first kappa shape index (κ1) is 25.8. The summed E-state index contributed by atoms with van der Waals surface area (Å²) in [6, 6.07) is 8.14. The number of esters is 2. The van der Waals surface area contributed by atoms with Crippen LogP contribution in [0, 0.1) is 10.8 Å². The molecule has 0 aromatic heterocycles. The molecule has 1 saturated carbocycles. The molecule has 1 heterocycles. The Labute approximate surface area is 222 Å². The molecule has 0 amide bonds. The second-order valence-electron chi connectivity index (χ2n) is 10.7. The molecule has 7 nitrogen and oxygen atoms in total. The third-order valence-corrected chi connectivity index (χ3v) is 9.85. The summed E-state index contributed by atoms with van der Waals surface area (Å²) in [6.07, 6.45) is 3.74. The Balaban J connectivity index is 1.61. The maximum absolute atomic E-state index is 13.9. The smallest absolute Gasteiger partial charge is 0.351 e. The summed E-state index contributed by atoms with van der Waals surface area (Å²) < 4.78 is 29.3. The van der Waals surface area contributed by atoms with Crippen LogP contribution in [0.25, 0.3) is 11.1 Å². The van der Waals surface area contributed by atoms with Crippen LogP contribution in [0.4, 0.5) is 0 Å². The number of thioether (sulfide) groups is 1. The van der Waals surface area contributed by atoms with Crippen LogP contribution in [-0.4, -0.2) is 45.1 Å². The Bertz CT molecular complexity index is 1290. The minimum atomic E-state index is -1.28. The van der Waals surface area contributed by atoms with E-state index in [9.17, 15) is 9.59 Å². The van der Waals surface area contributed by atoms with Crippen LogP contribution < -0.4 is 14.2 Å². The minimum absolute atomic E-state index is 0.317. The molecule has 2 aromatic rings. The number of benzene rings is 2. The molecule has 1 saturated heterocycles. The van der Waals surface area contributed by atoms with Crippen LogP contribution in [0.2, 0.25) is 0 Å². The minimum Gasteiger partial charge on any atom is -0.493 e. The Kier molecular flexibility index (Phi) is 6.17. The Hall–Kier alpha value is -2.87. The van der Waals surface area contributed by atoms with Gasteiger partial charge in [0.15, 0.2) is 11.5 Å². The molecule has 3 aliphatic rings. The highest BCUT2D eigenvalue weighted by molar-refractivity contribution is 7.98. The quantitative estimate of drug-likeness (QED) is 0.348. The van der Waals surface area contributed by atoms with Crippen molar-refractivity contribution in [3.63, 3.8) is 0 Å². The number of ether oxygens (including phenoxy) is 5. The fourth-order valence-corrected chi connectivity index (χ4v) is 6.80. The normalized spacial score (nSPS) is 27.0. The van der Waals surface area contributed by atoms with E-state index in [-0.39, 0.29) is 5.97 Å². The molecule has 198 valence electrons. The van der Waals surface area contributed by atoms with Crippen molar-refractivity contribution in [2.24, 2.45) is 10.8 Å². The molecule has 3 atom stereocenters. The summed E-state index contributed by atoms with van der Waals surface area (Å²) in [5.41, 5.74) is 1.08.